The maximum absolute atomic E-state index is 13.9. The summed E-state index contributed by atoms with van der Waals surface area (Å²) >= 11 is 0. The topological polar surface area (TPSA) is 42.2 Å². The van der Waals surface area contributed by atoms with Gasteiger partial charge in [0.1, 0.15) is 5.82 Å². The zero-order valence-electron chi connectivity index (χ0n) is 14.0. The van der Waals surface area contributed by atoms with Gasteiger partial charge < -0.3 is 9.47 Å². The highest BCUT2D eigenvalue weighted by Gasteiger charge is 2.10. The molecule has 2 rings (SSSR count). The van der Waals surface area contributed by atoms with Crippen molar-refractivity contribution in [2.75, 3.05) is 7.11 Å². The molecule has 0 aliphatic heterocycles. The van der Waals surface area contributed by atoms with E-state index in [9.17, 15) is 9.65 Å². The van der Waals surface area contributed by atoms with Gasteiger partial charge in [0.05, 0.1) is 24.9 Å². The molecule has 2 aromatic carbocycles. The number of nitrogens with zero attached hydrogens (tertiary/aromatic N) is 1. The van der Waals surface area contributed by atoms with Gasteiger partial charge in [-0.2, -0.15) is 5.26 Å². The second-order valence-electron chi connectivity index (χ2n) is 5.40. The molecule has 0 aromatic heterocycles. The monoisotopic (exact) mass is 325 g/mol. The van der Waals surface area contributed by atoms with Crippen molar-refractivity contribution in [1.29, 1.82) is 5.26 Å². The molecular weight excluding hydrogens is 305 g/mol. The molecule has 0 N–H and O–H groups in total. The number of allylic oxidation sites excluding steroid dienone is 1. The van der Waals surface area contributed by atoms with E-state index >= 15 is 0 Å². The molecule has 4 heteroatoms. The number of hydrogen-bond acceptors (Lipinski definition) is 3. The third-order valence-electron chi connectivity index (χ3n) is 3.69. The van der Waals surface area contributed by atoms with Crippen LogP contribution in [0.4, 0.5) is 4.39 Å². The van der Waals surface area contributed by atoms with Crippen LogP contribution >= 0.6 is 0 Å². The molecule has 0 fully saturated rings. The van der Waals surface area contributed by atoms with E-state index in [1.807, 2.05) is 19.9 Å². The standard InChI is InChI=1S/C20H20FNO2/c1-4-14(2)24-19-10-9-15(12-20(19)23-3)11-16(13-22)17-7-5-6-8-18(17)21/h5-12,14H,4H2,1-3H3/b16-11-/t14-/m1/s1. The smallest absolute Gasteiger partial charge is 0.161 e. The average Bonchev–Trinajstić information content (AvgIpc) is 2.61. The summed E-state index contributed by atoms with van der Waals surface area (Å²) in [6, 6.07) is 13.7. The van der Waals surface area contributed by atoms with Crippen molar-refractivity contribution in [1.82, 2.24) is 0 Å². The van der Waals surface area contributed by atoms with Crippen LogP contribution in [-0.4, -0.2) is 13.2 Å². The van der Waals surface area contributed by atoms with E-state index in [1.165, 1.54) is 6.07 Å². The van der Waals surface area contributed by atoms with Crippen molar-refractivity contribution in [3.63, 3.8) is 0 Å². The van der Waals surface area contributed by atoms with Crippen LogP contribution in [0, 0.1) is 17.1 Å². The summed E-state index contributed by atoms with van der Waals surface area (Å²) in [6.07, 6.45) is 2.60. The Bertz CT molecular complexity index is 777. The van der Waals surface area contributed by atoms with Gasteiger partial charge in [0.15, 0.2) is 11.5 Å². The van der Waals surface area contributed by atoms with Crippen LogP contribution in [0.25, 0.3) is 11.6 Å². The molecule has 3 nitrogen and oxygen atoms in total. The van der Waals surface area contributed by atoms with Gasteiger partial charge in [-0.25, -0.2) is 4.39 Å². The molecular formula is C20H20FNO2. The molecule has 0 amide bonds. The summed E-state index contributed by atoms with van der Waals surface area (Å²) in [5.41, 5.74) is 1.27. The molecule has 0 spiro atoms. The van der Waals surface area contributed by atoms with Crippen LogP contribution in [0.1, 0.15) is 31.4 Å². The van der Waals surface area contributed by atoms with Crippen molar-refractivity contribution in [2.24, 2.45) is 0 Å². The highest BCUT2D eigenvalue weighted by molar-refractivity contribution is 5.90. The first kappa shape index (κ1) is 17.6. The third kappa shape index (κ3) is 4.14. The predicted molar refractivity (Wildman–Crippen MR) is 93.3 cm³/mol. The van der Waals surface area contributed by atoms with E-state index < -0.39 is 5.82 Å². The maximum Gasteiger partial charge on any atom is 0.161 e. The molecule has 1 atom stereocenters. The largest absolute Gasteiger partial charge is 0.493 e. The number of hydrogen-bond donors (Lipinski definition) is 0. The Labute approximate surface area is 142 Å². The van der Waals surface area contributed by atoms with Gasteiger partial charge in [0, 0.05) is 5.56 Å². The maximum atomic E-state index is 13.9. The van der Waals surface area contributed by atoms with Crippen molar-refractivity contribution < 1.29 is 13.9 Å². The summed E-state index contributed by atoms with van der Waals surface area (Å²) in [7, 11) is 1.56. The molecule has 0 heterocycles. The normalized spacial score (nSPS) is 12.4. The molecule has 2 aromatic rings. The first-order chi connectivity index (χ1) is 11.6. The molecule has 24 heavy (non-hydrogen) atoms. The zero-order chi connectivity index (χ0) is 17.5. The fourth-order valence-corrected chi connectivity index (χ4v) is 2.19. The Hall–Kier alpha value is -2.80. The van der Waals surface area contributed by atoms with Crippen molar-refractivity contribution >= 4 is 11.6 Å². The fraction of sp³-hybridized carbons (Fsp3) is 0.250. The summed E-state index contributed by atoms with van der Waals surface area (Å²) in [4.78, 5) is 0. The quantitative estimate of drug-likeness (QED) is 0.549. The number of halogens is 1. The number of benzene rings is 2. The lowest BCUT2D eigenvalue weighted by atomic mass is 10.0. The van der Waals surface area contributed by atoms with Gasteiger partial charge >= 0.3 is 0 Å². The van der Waals surface area contributed by atoms with Gasteiger partial charge in [-0.3, -0.25) is 0 Å². The molecule has 0 aliphatic carbocycles. The highest BCUT2D eigenvalue weighted by atomic mass is 19.1. The van der Waals surface area contributed by atoms with Crippen LogP contribution in [0.3, 0.4) is 0 Å². The number of nitriles is 1. The van der Waals surface area contributed by atoms with E-state index in [1.54, 1.807) is 43.5 Å². The average molecular weight is 325 g/mol. The van der Waals surface area contributed by atoms with E-state index in [2.05, 4.69) is 6.07 Å². The minimum Gasteiger partial charge on any atom is -0.493 e. The first-order valence-corrected chi connectivity index (χ1v) is 7.80. The van der Waals surface area contributed by atoms with E-state index in [4.69, 9.17) is 9.47 Å². The first-order valence-electron chi connectivity index (χ1n) is 7.80. The highest BCUT2D eigenvalue weighted by Crippen LogP contribution is 2.31. The number of methoxy groups -OCH3 is 1. The predicted octanol–water partition coefficient (Wildman–Crippen LogP) is 5.08. The molecule has 0 aliphatic rings. The van der Waals surface area contributed by atoms with E-state index in [0.717, 1.165) is 12.0 Å². The molecule has 0 saturated carbocycles. The molecule has 0 bridgehead atoms. The summed E-state index contributed by atoms with van der Waals surface area (Å²) in [6.45, 7) is 4.03. The lowest BCUT2D eigenvalue weighted by Gasteiger charge is -2.15. The summed E-state index contributed by atoms with van der Waals surface area (Å²) < 4.78 is 25.1. The van der Waals surface area contributed by atoms with Gasteiger partial charge in [-0.05, 0) is 43.2 Å². The Morgan fingerprint density at radius 3 is 2.62 bits per heavy atom. The Kier molecular flexibility index (Phi) is 5.97. The summed E-state index contributed by atoms with van der Waals surface area (Å²) in [5, 5.41) is 9.36. The Morgan fingerprint density at radius 2 is 2.00 bits per heavy atom. The number of ether oxygens (including phenoxy) is 2. The van der Waals surface area contributed by atoms with Crippen molar-refractivity contribution in [3.05, 3.63) is 59.4 Å². The van der Waals surface area contributed by atoms with Crippen LogP contribution in [-0.2, 0) is 0 Å². The van der Waals surface area contributed by atoms with Gasteiger partial charge in [-0.15, -0.1) is 0 Å². The second-order valence-corrected chi connectivity index (χ2v) is 5.40. The minimum absolute atomic E-state index is 0.0772. The Balaban J connectivity index is 2.38. The second kappa shape index (κ2) is 8.16. The fourth-order valence-electron chi connectivity index (χ4n) is 2.19. The van der Waals surface area contributed by atoms with E-state index in [0.29, 0.717) is 11.5 Å². The lowest BCUT2D eigenvalue weighted by Crippen LogP contribution is -2.10. The SMILES string of the molecule is CC[C@@H](C)Oc1ccc(/C=C(/C#N)c2ccccc2F)cc1OC. The molecule has 124 valence electrons. The van der Waals surface area contributed by atoms with Gasteiger partial charge in [0.2, 0.25) is 0 Å². The third-order valence-corrected chi connectivity index (χ3v) is 3.69. The molecule has 0 saturated heterocycles. The number of rotatable bonds is 6. The van der Waals surface area contributed by atoms with Gasteiger partial charge in [-0.1, -0.05) is 31.2 Å². The van der Waals surface area contributed by atoms with Crippen molar-refractivity contribution in [2.45, 2.75) is 26.4 Å². The van der Waals surface area contributed by atoms with Gasteiger partial charge in [0.25, 0.3) is 0 Å². The van der Waals surface area contributed by atoms with Crippen molar-refractivity contribution in [3.8, 4) is 17.6 Å². The Morgan fingerprint density at radius 1 is 1.25 bits per heavy atom. The molecule has 0 unspecified atom stereocenters. The van der Waals surface area contributed by atoms with Crippen LogP contribution < -0.4 is 9.47 Å². The molecule has 0 radical (unpaired) electrons. The van der Waals surface area contributed by atoms with Crippen LogP contribution in [0.2, 0.25) is 0 Å². The van der Waals surface area contributed by atoms with Crippen LogP contribution in [0.15, 0.2) is 42.5 Å². The van der Waals surface area contributed by atoms with Crippen LogP contribution in [0.5, 0.6) is 11.5 Å². The summed E-state index contributed by atoms with van der Waals surface area (Å²) in [5.74, 6) is 0.803. The lowest BCUT2D eigenvalue weighted by molar-refractivity contribution is 0.207. The van der Waals surface area contributed by atoms with E-state index in [-0.39, 0.29) is 17.2 Å². The minimum atomic E-state index is -0.422. The zero-order valence-corrected chi connectivity index (χ0v) is 14.0.